The highest BCUT2D eigenvalue weighted by Gasteiger charge is 2.26. The minimum absolute atomic E-state index is 0.0000146. The van der Waals surface area contributed by atoms with E-state index in [1.54, 1.807) is 34.8 Å². The molecule has 0 spiro atoms. The summed E-state index contributed by atoms with van der Waals surface area (Å²) in [5.74, 6) is 1.58. The predicted octanol–water partition coefficient (Wildman–Crippen LogP) is 5.72. The Labute approximate surface area is 183 Å². The summed E-state index contributed by atoms with van der Waals surface area (Å²) in [6.45, 7) is 2.14. The van der Waals surface area contributed by atoms with Crippen molar-refractivity contribution in [3.8, 4) is 21.9 Å². The van der Waals surface area contributed by atoms with E-state index in [-0.39, 0.29) is 5.56 Å². The van der Waals surface area contributed by atoms with E-state index >= 15 is 0 Å². The van der Waals surface area contributed by atoms with E-state index in [2.05, 4.69) is 31.2 Å². The molecule has 152 valence electrons. The second-order valence-corrected chi connectivity index (χ2v) is 9.36. The molecule has 4 nitrogen and oxygen atoms in total. The zero-order valence-corrected chi connectivity index (χ0v) is 18.6. The average Bonchev–Trinajstić information content (AvgIpc) is 3.17. The molecule has 30 heavy (non-hydrogen) atoms. The fourth-order valence-corrected chi connectivity index (χ4v) is 6.26. The maximum Gasteiger partial charge on any atom is 0.267 e. The molecule has 0 atom stereocenters. The Morgan fingerprint density at radius 2 is 1.93 bits per heavy atom. The third-order valence-corrected chi connectivity index (χ3v) is 7.77. The van der Waals surface area contributed by atoms with Crippen molar-refractivity contribution < 1.29 is 4.74 Å². The van der Waals surface area contributed by atoms with Gasteiger partial charge in [0.25, 0.3) is 5.56 Å². The van der Waals surface area contributed by atoms with Gasteiger partial charge in [-0.1, -0.05) is 55.1 Å². The molecule has 0 unspecified atom stereocenters. The van der Waals surface area contributed by atoms with E-state index in [1.165, 1.54) is 16.0 Å². The molecule has 1 aliphatic rings. The number of hydrogen-bond donors (Lipinski definition) is 0. The fraction of sp³-hybridized carbons (Fsp3) is 0.250. The van der Waals surface area contributed by atoms with Gasteiger partial charge < -0.3 is 4.74 Å². The van der Waals surface area contributed by atoms with Crippen molar-refractivity contribution in [2.45, 2.75) is 31.3 Å². The number of nitrogens with zero attached hydrogens (tertiary/aromatic N) is 2. The van der Waals surface area contributed by atoms with Crippen LogP contribution < -0.4 is 10.3 Å². The minimum Gasteiger partial charge on any atom is -0.495 e. The Kier molecular flexibility index (Phi) is 5.13. The van der Waals surface area contributed by atoms with Crippen molar-refractivity contribution in [2.75, 3.05) is 12.9 Å². The third kappa shape index (κ3) is 3.06. The van der Waals surface area contributed by atoms with Gasteiger partial charge in [0.05, 0.1) is 18.2 Å². The van der Waals surface area contributed by atoms with Crippen LogP contribution in [-0.2, 0) is 12.8 Å². The maximum absolute atomic E-state index is 13.9. The smallest absolute Gasteiger partial charge is 0.267 e. The summed E-state index contributed by atoms with van der Waals surface area (Å²) in [5.41, 5.74) is 4.48. The molecule has 0 fully saturated rings. The molecule has 2 heterocycles. The Hall–Kier alpha value is -2.57. The second kappa shape index (κ2) is 7.93. The predicted molar refractivity (Wildman–Crippen MR) is 126 cm³/mol. The van der Waals surface area contributed by atoms with Crippen molar-refractivity contribution in [1.82, 2.24) is 9.55 Å². The molecule has 0 bridgehead atoms. The van der Waals surface area contributed by atoms with Gasteiger partial charge >= 0.3 is 0 Å². The van der Waals surface area contributed by atoms with Gasteiger partial charge in [-0.15, -0.1) is 11.3 Å². The molecule has 0 radical (unpaired) electrons. The molecule has 2 aromatic carbocycles. The van der Waals surface area contributed by atoms with Crippen molar-refractivity contribution in [3.63, 3.8) is 0 Å². The molecular weight excluding hydrogens is 412 g/mol. The van der Waals surface area contributed by atoms with Crippen LogP contribution in [0.4, 0.5) is 0 Å². The van der Waals surface area contributed by atoms with Crippen LogP contribution in [0.25, 0.3) is 26.3 Å². The summed E-state index contributed by atoms with van der Waals surface area (Å²) >= 11 is 3.27. The highest BCUT2D eigenvalue weighted by Crippen LogP contribution is 2.43. The minimum atomic E-state index is -0.0000146. The van der Waals surface area contributed by atoms with Crippen LogP contribution in [0, 0.1) is 0 Å². The highest BCUT2D eigenvalue weighted by molar-refractivity contribution is 7.99. The fourth-order valence-electron chi connectivity index (χ4n) is 4.08. The Morgan fingerprint density at radius 3 is 2.77 bits per heavy atom. The lowest BCUT2D eigenvalue weighted by atomic mass is 9.90. The van der Waals surface area contributed by atoms with Gasteiger partial charge in [-0.3, -0.25) is 9.36 Å². The number of ether oxygens (including phenoxy) is 1. The maximum atomic E-state index is 13.9. The standard InChI is InChI=1S/C24H22N2O2S2/c1-3-14-29-24-25-22-20(23(27)26(24)18-10-6-7-11-19(18)28-2)17-13-12-15-8-4-5-9-16(15)21(17)30-22/h4-11H,3,12-14H2,1-2H3. The number of benzene rings is 2. The monoisotopic (exact) mass is 434 g/mol. The van der Waals surface area contributed by atoms with Crippen molar-refractivity contribution in [2.24, 2.45) is 0 Å². The molecule has 2 aromatic heterocycles. The first-order valence-corrected chi connectivity index (χ1v) is 12.0. The largest absolute Gasteiger partial charge is 0.495 e. The number of methoxy groups -OCH3 is 1. The quantitative estimate of drug-likeness (QED) is 0.297. The van der Waals surface area contributed by atoms with Crippen LogP contribution in [0.15, 0.2) is 58.5 Å². The van der Waals surface area contributed by atoms with Gasteiger partial charge in [-0.25, -0.2) is 4.98 Å². The van der Waals surface area contributed by atoms with Gasteiger partial charge in [-0.05, 0) is 48.1 Å². The normalized spacial score (nSPS) is 12.6. The van der Waals surface area contributed by atoms with Gasteiger partial charge in [0.15, 0.2) is 5.16 Å². The SMILES string of the molecule is CCCSc1nc2sc3c(c2c(=O)n1-c1ccccc1OC)CCc1ccccc1-3. The molecule has 0 amide bonds. The first-order valence-electron chi connectivity index (χ1n) is 10.2. The van der Waals surface area contributed by atoms with E-state index < -0.39 is 0 Å². The molecule has 4 aromatic rings. The molecule has 0 saturated carbocycles. The number of thiophene rings is 1. The summed E-state index contributed by atoms with van der Waals surface area (Å²) in [4.78, 5) is 20.9. The lowest BCUT2D eigenvalue weighted by Crippen LogP contribution is -2.23. The molecule has 1 aliphatic carbocycles. The molecule has 5 rings (SSSR count). The van der Waals surface area contributed by atoms with E-state index in [4.69, 9.17) is 9.72 Å². The summed E-state index contributed by atoms with van der Waals surface area (Å²) in [6, 6.07) is 16.2. The Morgan fingerprint density at radius 1 is 1.13 bits per heavy atom. The van der Waals surface area contributed by atoms with E-state index in [1.807, 2.05) is 24.3 Å². The van der Waals surface area contributed by atoms with Crippen LogP contribution in [0.2, 0.25) is 0 Å². The summed E-state index contributed by atoms with van der Waals surface area (Å²) in [6.07, 6.45) is 2.84. The van der Waals surface area contributed by atoms with Gasteiger partial charge in [0.1, 0.15) is 10.6 Å². The lowest BCUT2D eigenvalue weighted by molar-refractivity contribution is 0.411. The molecule has 0 N–H and O–H groups in total. The van der Waals surface area contributed by atoms with Crippen LogP contribution >= 0.6 is 23.1 Å². The van der Waals surface area contributed by atoms with Crippen molar-refractivity contribution >= 4 is 33.3 Å². The topological polar surface area (TPSA) is 44.1 Å². The van der Waals surface area contributed by atoms with Gasteiger partial charge in [0.2, 0.25) is 0 Å². The summed E-state index contributed by atoms with van der Waals surface area (Å²) < 4.78 is 7.32. The van der Waals surface area contributed by atoms with Crippen molar-refractivity contribution in [1.29, 1.82) is 0 Å². The third-order valence-electron chi connectivity index (χ3n) is 5.46. The molecule has 6 heteroatoms. The number of para-hydroxylation sites is 2. The molecule has 0 saturated heterocycles. The van der Waals surface area contributed by atoms with Crippen LogP contribution in [0.5, 0.6) is 5.75 Å². The average molecular weight is 435 g/mol. The Bertz CT molecular complexity index is 1310. The van der Waals surface area contributed by atoms with E-state index in [0.29, 0.717) is 5.75 Å². The summed E-state index contributed by atoms with van der Waals surface area (Å²) in [5, 5.41) is 1.49. The number of aryl methyl sites for hydroxylation is 2. The molecular formula is C24H22N2O2S2. The highest BCUT2D eigenvalue weighted by atomic mass is 32.2. The number of hydrogen-bond acceptors (Lipinski definition) is 5. The zero-order valence-electron chi connectivity index (χ0n) is 17.0. The van der Waals surface area contributed by atoms with Crippen LogP contribution in [0.1, 0.15) is 24.5 Å². The second-order valence-electron chi connectivity index (χ2n) is 7.30. The van der Waals surface area contributed by atoms with Crippen LogP contribution in [0.3, 0.4) is 0 Å². The van der Waals surface area contributed by atoms with Gasteiger partial charge in [-0.2, -0.15) is 0 Å². The first kappa shape index (κ1) is 19.4. The van der Waals surface area contributed by atoms with Crippen LogP contribution in [-0.4, -0.2) is 22.4 Å². The Balaban J connectivity index is 1.82. The summed E-state index contributed by atoms with van der Waals surface area (Å²) in [7, 11) is 1.64. The number of thioether (sulfide) groups is 1. The number of fused-ring (bicyclic) bond motifs is 5. The first-order chi connectivity index (χ1) is 14.7. The lowest BCUT2D eigenvalue weighted by Gasteiger charge is -2.17. The van der Waals surface area contributed by atoms with E-state index in [9.17, 15) is 4.79 Å². The number of aromatic nitrogens is 2. The van der Waals surface area contributed by atoms with Gasteiger partial charge in [0, 0.05) is 10.6 Å². The number of rotatable bonds is 5. The van der Waals surface area contributed by atoms with Crippen molar-refractivity contribution in [3.05, 3.63) is 70.0 Å². The zero-order chi connectivity index (χ0) is 20.7. The molecule has 0 aliphatic heterocycles. The van der Waals surface area contributed by atoms with E-state index in [0.717, 1.165) is 51.6 Å².